The Hall–Kier alpha value is -3.11. The van der Waals surface area contributed by atoms with E-state index in [4.69, 9.17) is 9.47 Å². The molecular weight excluding hydrogens is 424 g/mol. The van der Waals surface area contributed by atoms with Gasteiger partial charge >= 0.3 is 0 Å². The monoisotopic (exact) mass is 444 g/mol. The number of nitrogens with one attached hydrogen (secondary N) is 2. The molecule has 0 aliphatic rings. The van der Waals surface area contributed by atoms with Crippen LogP contribution in [-0.2, 0) is 16.0 Å². The predicted octanol–water partition coefficient (Wildman–Crippen LogP) is 3.47. The summed E-state index contributed by atoms with van der Waals surface area (Å²) >= 11 is 2.45. The van der Waals surface area contributed by atoms with E-state index in [1.54, 1.807) is 25.3 Å². The van der Waals surface area contributed by atoms with Crippen LogP contribution in [0.5, 0.6) is 11.5 Å². The Kier molecular flexibility index (Phi) is 7.63. The highest BCUT2D eigenvalue weighted by atomic mass is 32.2. The van der Waals surface area contributed by atoms with E-state index in [2.05, 4.69) is 20.8 Å². The summed E-state index contributed by atoms with van der Waals surface area (Å²) in [5.41, 5.74) is 1.44. The number of aromatic nitrogens is 2. The Morgan fingerprint density at radius 3 is 2.53 bits per heavy atom. The summed E-state index contributed by atoms with van der Waals surface area (Å²) in [5.74, 6) is 0.882. The van der Waals surface area contributed by atoms with Crippen molar-refractivity contribution in [2.75, 3.05) is 30.6 Å². The second-order valence-electron chi connectivity index (χ2n) is 5.99. The first-order valence-electron chi connectivity index (χ1n) is 8.89. The van der Waals surface area contributed by atoms with Crippen molar-refractivity contribution in [2.24, 2.45) is 0 Å². The van der Waals surface area contributed by atoms with Gasteiger partial charge < -0.3 is 20.1 Å². The normalized spacial score (nSPS) is 10.3. The van der Waals surface area contributed by atoms with E-state index in [0.29, 0.717) is 26.7 Å². The molecule has 0 atom stereocenters. The fourth-order valence-electron chi connectivity index (χ4n) is 2.49. The van der Waals surface area contributed by atoms with Gasteiger partial charge in [-0.05, 0) is 17.7 Å². The molecule has 0 spiro atoms. The second-order valence-corrected chi connectivity index (χ2v) is 8.19. The van der Waals surface area contributed by atoms with E-state index in [9.17, 15) is 9.59 Å². The molecule has 0 saturated heterocycles. The third kappa shape index (κ3) is 6.19. The molecule has 30 heavy (non-hydrogen) atoms. The number of hydrogen-bond donors (Lipinski definition) is 2. The molecule has 0 saturated carbocycles. The number of ether oxygens (including phenoxy) is 2. The number of nitrogens with zero attached hydrogens (tertiary/aromatic N) is 2. The van der Waals surface area contributed by atoms with E-state index >= 15 is 0 Å². The second kappa shape index (κ2) is 10.6. The van der Waals surface area contributed by atoms with Crippen LogP contribution in [0, 0.1) is 0 Å². The predicted molar refractivity (Wildman–Crippen MR) is 118 cm³/mol. The minimum atomic E-state index is -0.226. The summed E-state index contributed by atoms with van der Waals surface area (Å²) in [6, 6.07) is 14.6. The van der Waals surface area contributed by atoms with Crippen molar-refractivity contribution in [1.82, 2.24) is 10.2 Å². The lowest BCUT2D eigenvalue weighted by Gasteiger charge is -2.11. The van der Waals surface area contributed by atoms with Crippen molar-refractivity contribution in [3.05, 3.63) is 54.1 Å². The van der Waals surface area contributed by atoms with Gasteiger partial charge in [0.15, 0.2) is 4.34 Å². The van der Waals surface area contributed by atoms with Crippen LogP contribution in [0.4, 0.5) is 10.8 Å². The lowest BCUT2D eigenvalue weighted by molar-refractivity contribution is -0.115. The Bertz CT molecular complexity index is 1010. The number of carbonyl (C=O) groups is 2. The molecule has 2 N–H and O–H groups in total. The topological polar surface area (TPSA) is 102 Å². The van der Waals surface area contributed by atoms with Gasteiger partial charge in [-0.1, -0.05) is 53.4 Å². The van der Waals surface area contributed by atoms with E-state index in [1.165, 1.54) is 30.2 Å². The van der Waals surface area contributed by atoms with Crippen LogP contribution < -0.4 is 20.1 Å². The van der Waals surface area contributed by atoms with Gasteiger partial charge in [0.25, 0.3) is 0 Å². The van der Waals surface area contributed by atoms with Crippen molar-refractivity contribution in [2.45, 2.75) is 10.8 Å². The number of carbonyl (C=O) groups excluding carboxylic acids is 2. The largest absolute Gasteiger partial charge is 0.497 e. The maximum absolute atomic E-state index is 12.3. The molecule has 2 amide bonds. The molecule has 1 heterocycles. The SMILES string of the molecule is COc1ccc(OC)c(NC(=O)CSc2nnc(NC(=O)Cc3ccccc3)s2)c1. The van der Waals surface area contributed by atoms with Gasteiger partial charge in [-0.15, -0.1) is 10.2 Å². The van der Waals surface area contributed by atoms with Gasteiger partial charge in [-0.25, -0.2) is 0 Å². The van der Waals surface area contributed by atoms with E-state index < -0.39 is 0 Å². The summed E-state index contributed by atoms with van der Waals surface area (Å²) in [6.45, 7) is 0. The van der Waals surface area contributed by atoms with E-state index in [-0.39, 0.29) is 24.0 Å². The van der Waals surface area contributed by atoms with Crippen LogP contribution in [0.25, 0.3) is 0 Å². The Morgan fingerprint density at radius 2 is 1.80 bits per heavy atom. The third-order valence-electron chi connectivity index (χ3n) is 3.87. The standard InChI is InChI=1S/C20H20N4O4S2/c1-27-14-8-9-16(28-2)15(11-14)21-18(26)12-29-20-24-23-19(30-20)22-17(25)10-13-6-4-3-5-7-13/h3-9,11H,10,12H2,1-2H3,(H,21,26)(H,22,23,25). The van der Waals surface area contributed by atoms with Crippen LogP contribution >= 0.6 is 23.1 Å². The molecule has 3 aromatic rings. The molecule has 0 unspecified atom stereocenters. The highest BCUT2D eigenvalue weighted by molar-refractivity contribution is 8.01. The lowest BCUT2D eigenvalue weighted by Crippen LogP contribution is -2.14. The van der Waals surface area contributed by atoms with Crippen LogP contribution in [0.3, 0.4) is 0 Å². The van der Waals surface area contributed by atoms with Gasteiger partial charge in [0.1, 0.15) is 11.5 Å². The zero-order chi connectivity index (χ0) is 21.3. The molecule has 0 aliphatic carbocycles. The molecule has 2 aromatic carbocycles. The highest BCUT2D eigenvalue weighted by Crippen LogP contribution is 2.30. The average Bonchev–Trinajstić information content (AvgIpc) is 3.20. The zero-order valence-corrected chi connectivity index (χ0v) is 18.0. The summed E-state index contributed by atoms with van der Waals surface area (Å²) in [5, 5.41) is 13.9. The molecule has 0 aliphatic heterocycles. The summed E-state index contributed by atoms with van der Waals surface area (Å²) in [4.78, 5) is 24.4. The molecule has 10 heteroatoms. The summed E-state index contributed by atoms with van der Waals surface area (Å²) in [6.07, 6.45) is 0.258. The molecule has 156 valence electrons. The molecule has 8 nitrogen and oxygen atoms in total. The molecule has 1 aromatic heterocycles. The van der Waals surface area contributed by atoms with E-state index in [1.807, 2.05) is 30.3 Å². The van der Waals surface area contributed by atoms with Crippen LogP contribution in [0.1, 0.15) is 5.56 Å². The maximum Gasteiger partial charge on any atom is 0.234 e. The first-order valence-corrected chi connectivity index (χ1v) is 10.7. The number of amides is 2. The fourth-order valence-corrected chi connectivity index (χ4v) is 4.06. The van der Waals surface area contributed by atoms with Crippen molar-refractivity contribution < 1.29 is 19.1 Å². The number of benzene rings is 2. The van der Waals surface area contributed by atoms with Gasteiger partial charge in [-0.2, -0.15) is 0 Å². The number of hydrogen-bond acceptors (Lipinski definition) is 8. The fraction of sp³-hybridized carbons (Fsp3) is 0.200. The molecule has 0 fully saturated rings. The summed E-state index contributed by atoms with van der Waals surface area (Å²) in [7, 11) is 3.08. The molecule has 3 rings (SSSR count). The number of anilines is 2. The number of thioether (sulfide) groups is 1. The highest BCUT2D eigenvalue weighted by Gasteiger charge is 2.13. The van der Waals surface area contributed by atoms with Crippen molar-refractivity contribution >= 4 is 45.7 Å². The molecular formula is C20H20N4O4S2. The first kappa shape index (κ1) is 21.6. The van der Waals surface area contributed by atoms with E-state index in [0.717, 1.165) is 5.56 Å². The third-order valence-corrected chi connectivity index (χ3v) is 5.84. The number of rotatable bonds is 9. The summed E-state index contributed by atoms with van der Waals surface area (Å²) < 4.78 is 11.0. The van der Waals surface area contributed by atoms with Crippen LogP contribution in [-0.4, -0.2) is 42.0 Å². The maximum atomic E-state index is 12.3. The minimum Gasteiger partial charge on any atom is -0.497 e. The number of methoxy groups -OCH3 is 2. The van der Waals surface area contributed by atoms with Crippen molar-refractivity contribution in [3.63, 3.8) is 0 Å². The molecule has 0 bridgehead atoms. The zero-order valence-electron chi connectivity index (χ0n) is 16.4. The van der Waals surface area contributed by atoms with Crippen molar-refractivity contribution in [1.29, 1.82) is 0 Å². The Balaban J connectivity index is 1.50. The van der Waals surface area contributed by atoms with Crippen molar-refractivity contribution in [3.8, 4) is 11.5 Å². The molecule has 0 radical (unpaired) electrons. The quantitative estimate of drug-likeness (QED) is 0.385. The van der Waals surface area contributed by atoms with Crippen LogP contribution in [0.15, 0.2) is 52.9 Å². The van der Waals surface area contributed by atoms with Gasteiger partial charge in [0.2, 0.25) is 16.9 Å². The Labute approximate surface area is 182 Å². The van der Waals surface area contributed by atoms with Gasteiger partial charge in [-0.3, -0.25) is 9.59 Å². The minimum absolute atomic E-state index is 0.132. The smallest absolute Gasteiger partial charge is 0.234 e. The van der Waals surface area contributed by atoms with Gasteiger partial charge in [0, 0.05) is 6.07 Å². The van der Waals surface area contributed by atoms with Gasteiger partial charge in [0.05, 0.1) is 32.1 Å². The first-order chi connectivity index (χ1) is 14.6. The Morgan fingerprint density at radius 1 is 1.00 bits per heavy atom. The average molecular weight is 445 g/mol. The van der Waals surface area contributed by atoms with Crippen LogP contribution in [0.2, 0.25) is 0 Å². The lowest BCUT2D eigenvalue weighted by atomic mass is 10.1.